The van der Waals surface area contributed by atoms with Crippen molar-refractivity contribution in [2.24, 2.45) is 0 Å². The Morgan fingerprint density at radius 2 is 2.21 bits per heavy atom. The predicted octanol–water partition coefficient (Wildman–Crippen LogP) is 1.28. The molecule has 1 saturated carbocycles. The minimum atomic E-state index is 0.509. The molecule has 0 N–H and O–H groups in total. The van der Waals surface area contributed by atoms with Gasteiger partial charge in [-0.1, -0.05) is 12.8 Å². The van der Waals surface area contributed by atoms with Gasteiger partial charge in [0.1, 0.15) is 0 Å². The van der Waals surface area contributed by atoms with Crippen LogP contribution in [0.2, 0.25) is 0 Å². The highest BCUT2D eigenvalue weighted by Gasteiger charge is 2.33. The Morgan fingerprint density at radius 1 is 1.36 bits per heavy atom. The van der Waals surface area contributed by atoms with Crippen LogP contribution in [0.5, 0.6) is 0 Å². The van der Waals surface area contributed by atoms with Crippen molar-refractivity contribution in [3.8, 4) is 0 Å². The minimum Gasteiger partial charge on any atom is -0.383 e. The summed E-state index contributed by atoms with van der Waals surface area (Å²) >= 11 is 0. The van der Waals surface area contributed by atoms with Gasteiger partial charge in [-0.3, -0.25) is 4.90 Å². The van der Waals surface area contributed by atoms with Crippen LogP contribution >= 0.6 is 0 Å². The van der Waals surface area contributed by atoms with E-state index in [1.54, 1.807) is 7.11 Å². The Morgan fingerprint density at radius 3 is 3.07 bits per heavy atom. The summed E-state index contributed by atoms with van der Waals surface area (Å²) in [7, 11) is 1.78. The average molecular weight is 199 g/mol. The molecule has 0 spiro atoms. The molecule has 2 rings (SSSR count). The third kappa shape index (κ3) is 2.27. The van der Waals surface area contributed by atoms with E-state index in [9.17, 15) is 0 Å². The van der Waals surface area contributed by atoms with Crippen LogP contribution in [0, 0.1) is 0 Å². The summed E-state index contributed by atoms with van der Waals surface area (Å²) in [5, 5.41) is 0. The number of morpholine rings is 1. The lowest BCUT2D eigenvalue weighted by molar-refractivity contribution is -0.0920. The second kappa shape index (κ2) is 5.10. The van der Waals surface area contributed by atoms with Gasteiger partial charge in [0.05, 0.1) is 19.3 Å². The molecule has 1 aliphatic heterocycles. The summed E-state index contributed by atoms with van der Waals surface area (Å²) in [6.07, 6.45) is 5.80. The first-order valence-corrected chi connectivity index (χ1v) is 5.76. The van der Waals surface area contributed by atoms with Gasteiger partial charge in [0, 0.05) is 26.2 Å². The molecule has 0 aromatic rings. The fraction of sp³-hybridized carbons (Fsp3) is 1.00. The van der Waals surface area contributed by atoms with Gasteiger partial charge in [-0.2, -0.15) is 0 Å². The van der Waals surface area contributed by atoms with E-state index in [4.69, 9.17) is 9.47 Å². The van der Waals surface area contributed by atoms with Crippen molar-refractivity contribution in [3.05, 3.63) is 0 Å². The van der Waals surface area contributed by atoms with Crippen LogP contribution in [0.15, 0.2) is 0 Å². The Labute approximate surface area is 86.4 Å². The lowest BCUT2D eigenvalue weighted by Crippen LogP contribution is -2.53. The Bertz CT molecular complexity index is 173. The van der Waals surface area contributed by atoms with E-state index >= 15 is 0 Å². The van der Waals surface area contributed by atoms with Gasteiger partial charge in [0.25, 0.3) is 0 Å². The summed E-state index contributed by atoms with van der Waals surface area (Å²) < 4.78 is 11.0. The highest BCUT2D eigenvalue weighted by atomic mass is 16.5. The van der Waals surface area contributed by atoms with Crippen molar-refractivity contribution in [2.45, 2.75) is 37.8 Å². The van der Waals surface area contributed by atoms with E-state index in [2.05, 4.69) is 4.90 Å². The number of nitrogens with zero attached hydrogens (tertiary/aromatic N) is 1. The highest BCUT2D eigenvalue weighted by molar-refractivity contribution is 4.87. The maximum Gasteiger partial charge on any atom is 0.0730 e. The molecule has 1 aliphatic carbocycles. The van der Waals surface area contributed by atoms with Crippen LogP contribution in [-0.2, 0) is 9.47 Å². The van der Waals surface area contributed by atoms with Crippen molar-refractivity contribution in [3.63, 3.8) is 0 Å². The summed E-state index contributed by atoms with van der Waals surface area (Å²) in [5.41, 5.74) is 0. The number of hydrogen-bond acceptors (Lipinski definition) is 3. The smallest absolute Gasteiger partial charge is 0.0730 e. The fourth-order valence-electron chi connectivity index (χ4n) is 2.66. The van der Waals surface area contributed by atoms with Crippen molar-refractivity contribution < 1.29 is 9.47 Å². The molecule has 0 radical (unpaired) electrons. The molecule has 2 unspecified atom stereocenters. The largest absolute Gasteiger partial charge is 0.383 e. The summed E-state index contributed by atoms with van der Waals surface area (Å²) in [4.78, 5) is 2.55. The third-order valence-corrected chi connectivity index (χ3v) is 3.43. The molecule has 3 nitrogen and oxygen atoms in total. The average Bonchev–Trinajstić information content (AvgIpc) is 2.26. The zero-order valence-electron chi connectivity index (χ0n) is 9.08. The first kappa shape index (κ1) is 10.4. The first-order chi connectivity index (χ1) is 6.92. The Hall–Kier alpha value is -0.120. The molecular weight excluding hydrogens is 178 g/mol. The van der Waals surface area contributed by atoms with E-state index in [1.165, 1.54) is 25.7 Å². The molecule has 82 valence electrons. The molecule has 2 atom stereocenters. The molecule has 14 heavy (non-hydrogen) atoms. The van der Waals surface area contributed by atoms with Gasteiger partial charge in [0.2, 0.25) is 0 Å². The van der Waals surface area contributed by atoms with Gasteiger partial charge in [-0.15, -0.1) is 0 Å². The molecule has 0 bridgehead atoms. The van der Waals surface area contributed by atoms with Crippen molar-refractivity contribution in [1.29, 1.82) is 0 Å². The minimum absolute atomic E-state index is 0.509. The molecule has 2 aliphatic rings. The van der Waals surface area contributed by atoms with Crippen LogP contribution < -0.4 is 0 Å². The summed E-state index contributed by atoms with van der Waals surface area (Å²) in [6, 6.07) is 0.674. The normalized spacial score (nSPS) is 34.1. The standard InChI is InChI=1S/C11H21NO2/c1-13-8-6-12-7-9-14-11-5-3-2-4-10(11)12/h10-11H,2-9H2,1H3. The van der Waals surface area contributed by atoms with Gasteiger partial charge in [0.15, 0.2) is 0 Å². The van der Waals surface area contributed by atoms with E-state index < -0.39 is 0 Å². The number of ether oxygens (including phenoxy) is 2. The van der Waals surface area contributed by atoms with Crippen molar-refractivity contribution in [1.82, 2.24) is 4.90 Å². The molecule has 1 heterocycles. The van der Waals surface area contributed by atoms with Crippen LogP contribution in [0.4, 0.5) is 0 Å². The first-order valence-electron chi connectivity index (χ1n) is 5.76. The summed E-state index contributed by atoms with van der Waals surface area (Å²) in [5.74, 6) is 0. The van der Waals surface area contributed by atoms with Gasteiger partial charge < -0.3 is 9.47 Å². The molecule has 1 saturated heterocycles. The monoisotopic (exact) mass is 199 g/mol. The molecule has 0 aromatic carbocycles. The number of methoxy groups -OCH3 is 1. The van der Waals surface area contributed by atoms with Crippen molar-refractivity contribution in [2.75, 3.05) is 33.4 Å². The summed E-state index contributed by atoms with van der Waals surface area (Å²) in [6.45, 7) is 3.92. The Balaban J connectivity index is 1.88. The topological polar surface area (TPSA) is 21.7 Å². The highest BCUT2D eigenvalue weighted by Crippen LogP contribution is 2.27. The van der Waals surface area contributed by atoms with Gasteiger partial charge in [-0.25, -0.2) is 0 Å². The molecule has 2 fully saturated rings. The number of rotatable bonds is 3. The number of hydrogen-bond donors (Lipinski definition) is 0. The zero-order valence-corrected chi connectivity index (χ0v) is 9.08. The Kier molecular flexibility index (Phi) is 3.79. The fourth-order valence-corrected chi connectivity index (χ4v) is 2.66. The van der Waals surface area contributed by atoms with Crippen LogP contribution in [0.25, 0.3) is 0 Å². The third-order valence-electron chi connectivity index (χ3n) is 3.43. The van der Waals surface area contributed by atoms with E-state index in [0.29, 0.717) is 12.1 Å². The quantitative estimate of drug-likeness (QED) is 0.683. The van der Waals surface area contributed by atoms with Crippen LogP contribution in [0.3, 0.4) is 0 Å². The number of fused-ring (bicyclic) bond motifs is 1. The SMILES string of the molecule is COCCN1CCOC2CCCCC21. The lowest BCUT2D eigenvalue weighted by Gasteiger charge is -2.43. The van der Waals surface area contributed by atoms with Gasteiger partial charge >= 0.3 is 0 Å². The van der Waals surface area contributed by atoms with E-state index in [1.807, 2.05) is 0 Å². The second-order valence-corrected chi connectivity index (χ2v) is 4.29. The van der Waals surface area contributed by atoms with E-state index in [0.717, 1.165) is 26.3 Å². The van der Waals surface area contributed by atoms with Crippen LogP contribution in [-0.4, -0.2) is 50.5 Å². The lowest BCUT2D eigenvalue weighted by atomic mass is 9.90. The van der Waals surface area contributed by atoms with Crippen molar-refractivity contribution >= 4 is 0 Å². The molecule has 0 aromatic heterocycles. The maximum absolute atomic E-state index is 5.81. The predicted molar refractivity (Wildman–Crippen MR) is 55.4 cm³/mol. The van der Waals surface area contributed by atoms with Crippen LogP contribution in [0.1, 0.15) is 25.7 Å². The molecule has 3 heteroatoms. The molecular formula is C11H21NO2. The zero-order chi connectivity index (χ0) is 9.80. The maximum atomic E-state index is 5.81. The molecule has 0 amide bonds. The van der Waals surface area contributed by atoms with Gasteiger partial charge in [-0.05, 0) is 12.8 Å². The second-order valence-electron chi connectivity index (χ2n) is 4.29. The van der Waals surface area contributed by atoms with E-state index in [-0.39, 0.29) is 0 Å².